The zero-order valence-corrected chi connectivity index (χ0v) is 16.2. The average Bonchev–Trinajstić information content (AvgIpc) is 2.68. The van der Waals surface area contributed by atoms with E-state index in [-0.39, 0.29) is 11.3 Å². The van der Waals surface area contributed by atoms with Crippen LogP contribution in [0.2, 0.25) is 0 Å². The van der Waals surface area contributed by atoms with E-state index in [9.17, 15) is 10.1 Å². The van der Waals surface area contributed by atoms with Crippen molar-refractivity contribution < 1.29 is 4.79 Å². The molecule has 1 aromatic heterocycles. The van der Waals surface area contributed by atoms with Crippen molar-refractivity contribution in [1.29, 1.82) is 5.26 Å². The molecule has 1 amide bonds. The molecule has 2 aromatic carbocycles. The minimum atomic E-state index is -0.283. The molecule has 0 unspecified atom stereocenters. The Morgan fingerprint density at radius 1 is 1.00 bits per heavy atom. The van der Waals surface area contributed by atoms with Gasteiger partial charge in [0.25, 0.3) is 5.91 Å². The summed E-state index contributed by atoms with van der Waals surface area (Å²) in [4.78, 5) is 17.0. The Bertz CT molecular complexity index is 1040. The predicted molar refractivity (Wildman–Crippen MR) is 112 cm³/mol. The van der Waals surface area contributed by atoms with E-state index in [1.54, 1.807) is 24.4 Å². The third-order valence-corrected chi connectivity index (χ3v) is 4.30. The summed E-state index contributed by atoms with van der Waals surface area (Å²) in [6.07, 6.45) is 1.57. The third-order valence-electron chi connectivity index (χ3n) is 4.30. The highest BCUT2D eigenvalue weighted by Crippen LogP contribution is 2.29. The molecule has 0 aliphatic rings. The monoisotopic (exact) mass is 370 g/mol. The molecule has 0 saturated carbocycles. The Morgan fingerprint density at radius 3 is 2.39 bits per heavy atom. The summed E-state index contributed by atoms with van der Waals surface area (Å²) in [6.45, 7) is 6.31. The normalized spacial score (nSPS) is 10.8. The molecule has 0 radical (unpaired) electrons. The van der Waals surface area contributed by atoms with Crippen LogP contribution in [0.15, 0.2) is 66.9 Å². The number of hydrogen-bond acceptors (Lipinski definition) is 4. The highest BCUT2D eigenvalue weighted by molar-refractivity contribution is 6.04. The van der Waals surface area contributed by atoms with Gasteiger partial charge in [0.15, 0.2) is 0 Å². The molecule has 0 aliphatic carbocycles. The van der Waals surface area contributed by atoms with Gasteiger partial charge in [-0.05, 0) is 41.3 Å². The summed E-state index contributed by atoms with van der Waals surface area (Å²) in [7, 11) is 0. The Balaban J connectivity index is 1.83. The van der Waals surface area contributed by atoms with Crippen LogP contribution in [-0.2, 0) is 5.41 Å². The number of nitrogens with zero attached hydrogens (tertiary/aromatic N) is 2. The van der Waals surface area contributed by atoms with Gasteiger partial charge in [0.2, 0.25) is 0 Å². The van der Waals surface area contributed by atoms with Crippen LogP contribution in [0.5, 0.6) is 0 Å². The first-order valence-corrected chi connectivity index (χ1v) is 9.01. The largest absolute Gasteiger partial charge is 0.354 e. The van der Waals surface area contributed by atoms with E-state index in [2.05, 4.69) is 42.5 Å². The van der Waals surface area contributed by atoms with E-state index in [0.717, 1.165) is 11.3 Å². The number of amides is 1. The number of benzene rings is 2. The molecule has 0 fully saturated rings. The van der Waals surface area contributed by atoms with Gasteiger partial charge in [-0.25, -0.2) is 0 Å². The fourth-order valence-electron chi connectivity index (χ4n) is 2.91. The summed E-state index contributed by atoms with van der Waals surface area (Å²) in [6, 6.07) is 20.6. The van der Waals surface area contributed by atoms with Crippen molar-refractivity contribution in [2.75, 3.05) is 10.6 Å². The van der Waals surface area contributed by atoms with E-state index in [1.807, 2.05) is 42.5 Å². The number of carbonyl (C=O) groups excluding carboxylic acids is 1. The maximum atomic E-state index is 12.8. The van der Waals surface area contributed by atoms with Crippen LogP contribution in [0.1, 0.15) is 42.4 Å². The molecule has 0 saturated heterocycles. The van der Waals surface area contributed by atoms with Crippen molar-refractivity contribution in [3.05, 3.63) is 83.7 Å². The minimum absolute atomic E-state index is 0.0955. The van der Waals surface area contributed by atoms with Crippen LogP contribution >= 0.6 is 0 Å². The van der Waals surface area contributed by atoms with Crippen LogP contribution in [0.4, 0.5) is 17.1 Å². The molecular formula is C23H22N4O. The highest BCUT2D eigenvalue weighted by atomic mass is 16.1. The number of anilines is 3. The lowest BCUT2D eigenvalue weighted by Gasteiger charge is -2.23. The van der Waals surface area contributed by atoms with Gasteiger partial charge in [-0.3, -0.25) is 9.78 Å². The maximum absolute atomic E-state index is 12.8. The Labute approximate surface area is 165 Å². The smallest absolute Gasteiger partial charge is 0.274 e. The molecule has 3 aromatic rings. The summed E-state index contributed by atoms with van der Waals surface area (Å²) in [5.41, 5.74) is 3.93. The summed E-state index contributed by atoms with van der Waals surface area (Å²) in [5, 5.41) is 15.4. The van der Waals surface area contributed by atoms with E-state index in [4.69, 9.17) is 0 Å². The first-order valence-electron chi connectivity index (χ1n) is 9.01. The Morgan fingerprint density at radius 2 is 1.68 bits per heavy atom. The number of carbonyl (C=O) groups is 1. The summed E-state index contributed by atoms with van der Waals surface area (Å²) >= 11 is 0. The summed E-state index contributed by atoms with van der Waals surface area (Å²) in [5.74, 6) is -0.283. The summed E-state index contributed by atoms with van der Waals surface area (Å²) < 4.78 is 0. The predicted octanol–water partition coefficient (Wildman–Crippen LogP) is 5.25. The lowest BCUT2D eigenvalue weighted by atomic mass is 9.86. The van der Waals surface area contributed by atoms with Crippen molar-refractivity contribution in [3.8, 4) is 6.07 Å². The average molecular weight is 370 g/mol. The van der Waals surface area contributed by atoms with Crippen LogP contribution in [0, 0.1) is 11.3 Å². The van der Waals surface area contributed by atoms with Gasteiger partial charge in [-0.15, -0.1) is 0 Å². The molecule has 140 valence electrons. The van der Waals surface area contributed by atoms with E-state index < -0.39 is 0 Å². The fraction of sp³-hybridized carbons (Fsp3) is 0.174. The van der Waals surface area contributed by atoms with Crippen molar-refractivity contribution in [2.45, 2.75) is 26.2 Å². The van der Waals surface area contributed by atoms with Gasteiger partial charge in [-0.2, -0.15) is 5.26 Å². The molecule has 2 N–H and O–H groups in total. The van der Waals surface area contributed by atoms with Gasteiger partial charge in [0, 0.05) is 17.6 Å². The number of nitriles is 1. The molecule has 5 nitrogen and oxygen atoms in total. The lowest BCUT2D eigenvalue weighted by Crippen LogP contribution is -2.19. The van der Waals surface area contributed by atoms with E-state index in [1.165, 1.54) is 0 Å². The van der Waals surface area contributed by atoms with Crippen LogP contribution < -0.4 is 10.6 Å². The number of hydrogen-bond donors (Lipinski definition) is 2. The van der Waals surface area contributed by atoms with Gasteiger partial charge in [0.05, 0.1) is 11.3 Å². The van der Waals surface area contributed by atoms with Crippen LogP contribution in [0.3, 0.4) is 0 Å². The second-order valence-corrected chi connectivity index (χ2v) is 7.46. The number of aromatic nitrogens is 1. The zero-order valence-electron chi connectivity index (χ0n) is 16.2. The van der Waals surface area contributed by atoms with Gasteiger partial charge in [0.1, 0.15) is 11.8 Å². The van der Waals surface area contributed by atoms with E-state index in [0.29, 0.717) is 22.6 Å². The zero-order chi connectivity index (χ0) is 20.1. The van der Waals surface area contributed by atoms with Crippen molar-refractivity contribution in [2.24, 2.45) is 0 Å². The molecule has 28 heavy (non-hydrogen) atoms. The minimum Gasteiger partial charge on any atom is -0.354 e. The van der Waals surface area contributed by atoms with Crippen molar-refractivity contribution in [3.63, 3.8) is 0 Å². The quantitative estimate of drug-likeness (QED) is 0.658. The second-order valence-electron chi connectivity index (χ2n) is 7.46. The Hall–Kier alpha value is -3.65. The maximum Gasteiger partial charge on any atom is 0.274 e. The van der Waals surface area contributed by atoms with Crippen LogP contribution in [0.25, 0.3) is 0 Å². The standard InChI is InChI=1S/C23H22N4O/c1-23(2,3)18-9-5-7-11-20(18)27-22(28)21-14-17(12-13-25-21)26-19-10-6-4-8-16(19)15-24/h4-14H,1-3H3,(H,25,26)(H,27,28). The number of para-hydroxylation sites is 2. The lowest BCUT2D eigenvalue weighted by molar-refractivity contribution is 0.102. The molecule has 0 atom stereocenters. The number of rotatable bonds is 4. The number of pyridine rings is 1. The topological polar surface area (TPSA) is 77.8 Å². The Kier molecular flexibility index (Phi) is 5.42. The first-order chi connectivity index (χ1) is 13.4. The molecule has 3 rings (SSSR count). The molecule has 0 aliphatic heterocycles. The molecular weight excluding hydrogens is 348 g/mol. The van der Waals surface area contributed by atoms with Crippen molar-refractivity contribution >= 4 is 23.0 Å². The third kappa shape index (κ3) is 4.36. The van der Waals surface area contributed by atoms with Gasteiger partial charge >= 0.3 is 0 Å². The van der Waals surface area contributed by atoms with Gasteiger partial charge in [-0.1, -0.05) is 51.1 Å². The van der Waals surface area contributed by atoms with Crippen molar-refractivity contribution in [1.82, 2.24) is 4.98 Å². The first kappa shape index (κ1) is 19.1. The second kappa shape index (κ2) is 7.93. The highest BCUT2D eigenvalue weighted by Gasteiger charge is 2.19. The fourth-order valence-corrected chi connectivity index (χ4v) is 2.91. The van der Waals surface area contributed by atoms with Gasteiger partial charge < -0.3 is 10.6 Å². The number of nitrogens with one attached hydrogen (secondary N) is 2. The SMILES string of the molecule is CC(C)(C)c1ccccc1NC(=O)c1cc(Nc2ccccc2C#N)ccn1. The molecule has 5 heteroatoms. The van der Waals surface area contributed by atoms with Crippen LogP contribution in [-0.4, -0.2) is 10.9 Å². The molecule has 0 spiro atoms. The van der Waals surface area contributed by atoms with E-state index >= 15 is 0 Å². The molecule has 0 bridgehead atoms. The molecule has 1 heterocycles.